The highest BCUT2D eigenvalue weighted by Gasteiger charge is 2.45. The molecule has 0 radical (unpaired) electrons. The molecule has 206 valence electrons. The summed E-state index contributed by atoms with van der Waals surface area (Å²) in [5.41, 5.74) is 18.1. The molecule has 2 aliphatic rings. The second-order valence-electron chi connectivity index (χ2n) is 10.9. The number of aromatic amines is 1. The number of pyridine rings is 1. The standard InChI is InChI=1S/C30H29N9O2/c1-16(40)25-26(19-11-20-8-9-21(12-19)38(20)30(41)23-14-34-37-27(23)31)36-29-22(15-35-39(29)28(25)32)18-7-10-24(33-13-18)17-5-3-2-4-6-17/h2-7,10,13-15,19-21H,8-9,11-12,32H2,1H3,(H3,31,34,37)/t19?,20-,21?/m1/s1. The van der Waals surface area contributed by atoms with Crippen LogP contribution in [0.3, 0.4) is 0 Å². The average molecular weight is 548 g/mol. The first-order valence-electron chi connectivity index (χ1n) is 13.7. The number of hydrogen-bond donors (Lipinski definition) is 3. The van der Waals surface area contributed by atoms with Crippen LogP contribution in [0.4, 0.5) is 11.6 Å². The lowest BCUT2D eigenvalue weighted by Crippen LogP contribution is -2.46. The van der Waals surface area contributed by atoms with E-state index in [0.29, 0.717) is 35.3 Å². The number of aromatic nitrogens is 6. The minimum atomic E-state index is -0.158. The van der Waals surface area contributed by atoms with E-state index in [1.807, 2.05) is 53.6 Å². The van der Waals surface area contributed by atoms with Crippen LogP contribution in [-0.4, -0.2) is 58.5 Å². The van der Waals surface area contributed by atoms with Gasteiger partial charge in [-0.1, -0.05) is 36.4 Å². The van der Waals surface area contributed by atoms with Crippen molar-refractivity contribution in [3.8, 4) is 22.4 Å². The van der Waals surface area contributed by atoms with E-state index in [2.05, 4.69) is 20.3 Å². The van der Waals surface area contributed by atoms with Gasteiger partial charge in [-0.2, -0.15) is 14.7 Å². The number of anilines is 2. The molecule has 0 spiro atoms. The molecular formula is C30H29N9O2. The quantitative estimate of drug-likeness (QED) is 0.277. The van der Waals surface area contributed by atoms with Crippen LogP contribution in [0.2, 0.25) is 0 Å². The normalized spacial score (nSPS) is 20.0. The summed E-state index contributed by atoms with van der Waals surface area (Å²) in [6.07, 6.45) is 8.13. The largest absolute Gasteiger partial charge is 0.383 e. The van der Waals surface area contributed by atoms with Gasteiger partial charge in [0.2, 0.25) is 0 Å². The highest BCUT2D eigenvalue weighted by atomic mass is 16.2. The lowest BCUT2D eigenvalue weighted by molar-refractivity contribution is 0.0569. The van der Waals surface area contributed by atoms with Crippen LogP contribution in [-0.2, 0) is 0 Å². The third kappa shape index (κ3) is 4.03. The van der Waals surface area contributed by atoms with Gasteiger partial charge in [-0.05, 0) is 38.7 Å². The van der Waals surface area contributed by atoms with E-state index < -0.39 is 0 Å². The number of H-pyrrole nitrogens is 1. The lowest BCUT2D eigenvalue weighted by atomic mass is 9.85. The molecule has 2 bridgehead atoms. The van der Waals surface area contributed by atoms with Crippen molar-refractivity contribution >= 4 is 29.0 Å². The molecule has 11 nitrogen and oxygen atoms in total. The predicted octanol–water partition coefficient (Wildman–Crippen LogP) is 4.10. The van der Waals surface area contributed by atoms with Crippen LogP contribution in [0.15, 0.2) is 61.1 Å². The molecule has 7 rings (SSSR count). The minimum Gasteiger partial charge on any atom is -0.383 e. The molecular weight excluding hydrogens is 518 g/mol. The van der Waals surface area contributed by atoms with E-state index in [-0.39, 0.29) is 41.3 Å². The summed E-state index contributed by atoms with van der Waals surface area (Å²) in [6, 6.07) is 14.0. The molecule has 0 aliphatic carbocycles. The molecule has 3 atom stereocenters. The van der Waals surface area contributed by atoms with Crippen molar-refractivity contribution in [3.05, 3.63) is 77.9 Å². The minimum absolute atomic E-state index is 0.0127. The summed E-state index contributed by atoms with van der Waals surface area (Å²) in [6.45, 7) is 1.51. The zero-order valence-electron chi connectivity index (χ0n) is 22.5. The fourth-order valence-corrected chi connectivity index (χ4v) is 6.56. The molecule has 1 amide bonds. The third-order valence-electron chi connectivity index (χ3n) is 8.46. The number of fused-ring (bicyclic) bond motifs is 3. The van der Waals surface area contributed by atoms with Crippen molar-refractivity contribution in [3.63, 3.8) is 0 Å². The molecule has 11 heteroatoms. The maximum absolute atomic E-state index is 13.3. The third-order valence-corrected chi connectivity index (χ3v) is 8.46. The van der Waals surface area contributed by atoms with Crippen molar-refractivity contribution in [1.82, 2.24) is 34.7 Å². The SMILES string of the molecule is CC(=O)c1c(C2CC3CC[C@H](C2)N3C(=O)c2cn[nH]c2N)nc2c(-c3ccc(-c4ccccc4)nc3)cnn2c1N. The Morgan fingerprint density at radius 1 is 0.951 bits per heavy atom. The van der Waals surface area contributed by atoms with Crippen LogP contribution in [0.1, 0.15) is 64.9 Å². The van der Waals surface area contributed by atoms with Gasteiger partial charge in [-0.25, -0.2) is 4.98 Å². The monoisotopic (exact) mass is 547 g/mol. The highest BCUT2D eigenvalue weighted by molar-refractivity contribution is 6.01. The number of nitrogen functional groups attached to an aromatic ring is 2. The van der Waals surface area contributed by atoms with Crippen molar-refractivity contribution in [2.24, 2.45) is 0 Å². The van der Waals surface area contributed by atoms with Gasteiger partial charge in [0.25, 0.3) is 5.91 Å². The average Bonchev–Trinajstić information content (AvgIpc) is 3.68. The number of piperidine rings is 1. The van der Waals surface area contributed by atoms with Crippen molar-refractivity contribution in [1.29, 1.82) is 0 Å². The summed E-state index contributed by atoms with van der Waals surface area (Å²) in [4.78, 5) is 37.9. The topological polar surface area (TPSA) is 161 Å². The Morgan fingerprint density at radius 2 is 1.71 bits per heavy atom. The van der Waals surface area contributed by atoms with E-state index in [1.54, 1.807) is 6.20 Å². The lowest BCUT2D eigenvalue weighted by Gasteiger charge is -2.39. The maximum atomic E-state index is 13.3. The number of carbonyl (C=O) groups is 2. The molecule has 5 aromatic rings. The van der Waals surface area contributed by atoms with Crippen LogP contribution in [0.5, 0.6) is 0 Å². The van der Waals surface area contributed by atoms with Gasteiger partial charge in [-0.15, -0.1) is 0 Å². The van der Waals surface area contributed by atoms with Gasteiger partial charge in [0.1, 0.15) is 17.2 Å². The number of Topliss-reactive ketones (excluding diaryl/α,β-unsaturated/α-hetero) is 1. The van der Waals surface area contributed by atoms with Crippen LogP contribution in [0, 0.1) is 0 Å². The van der Waals surface area contributed by atoms with E-state index in [1.165, 1.54) is 17.6 Å². The number of benzene rings is 1. The van der Waals surface area contributed by atoms with Gasteiger partial charge in [-0.3, -0.25) is 19.7 Å². The van der Waals surface area contributed by atoms with E-state index >= 15 is 0 Å². The fraction of sp³-hybridized carbons (Fsp3) is 0.267. The Labute approximate surface area is 235 Å². The smallest absolute Gasteiger partial charge is 0.259 e. The molecule has 6 heterocycles. The number of nitrogens with one attached hydrogen (secondary N) is 1. The van der Waals surface area contributed by atoms with Crippen molar-refractivity contribution in [2.45, 2.75) is 50.6 Å². The van der Waals surface area contributed by atoms with Crippen molar-refractivity contribution in [2.75, 3.05) is 11.5 Å². The van der Waals surface area contributed by atoms with Gasteiger partial charge >= 0.3 is 0 Å². The van der Waals surface area contributed by atoms with Gasteiger partial charge in [0, 0.05) is 40.9 Å². The first kappa shape index (κ1) is 24.9. The number of amides is 1. The van der Waals surface area contributed by atoms with Crippen LogP contribution in [0.25, 0.3) is 28.0 Å². The van der Waals surface area contributed by atoms with Gasteiger partial charge < -0.3 is 16.4 Å². The number of nitrogens with zero attached hydrogens (tertiary/aromatic N) is 6. The van der Waals surface area contributed by atoms with Crippen molar-refractivity contribution < 1.29 is 9.59 Å². The number of carbonyl (C=O) groups excluding carboxylic acids is 2. The van der Waals surface area contributed by atoms with Gasteiger partial charge in [0.15, 0.2) is 11.4 Å². The van der Waals surface area contributed by atoms with E-state index in [4.69, 9.17) is 16.5 Å². The Bertz CT molecular complexity index is 1780. The summed E-state index contributed by atoms with van der Waals surface area (Å²) in [5, 5.41) is 11.1. The molecule has 1 aromatic carbocycles. The Hall–Kier alpha value is -5.06. The van der Waals surface area contributed by atoms with Crippen LogP contribution < -0.4 is 11.5 Å². The van der Waals surface area contributed by atoms with E-state index in [0.717, 1.165) is 35.2 Å². The Kier molecular flexibility index (Phi) is 5.81. The van der Waals surface area contributed by atoms with Crippen LogP contribution >= 0.6 is 0 Å². The summed E-state index contributed by atoms with van der Waals surface area (Å²) >= 11 is 0. The first-order chi connectivity index (χ1) is 19.9. The summed E-state index contributed by atoms with van der Waals surface area (Å²) < 4.78 is 1.54. The highest BCUT2D eigenvalue weighted by Crippen LogP contribution is 2.45. The molecule has 5 N–H and O–H groups in total. The number of nitrogens with two attached hydrogens (primary N) is 2. The number of rotatable bonds is 5. The maximum Gasteiger partial charge on any atom is 0.259 e. The first-order valence-corrected chi connectivity index (χ1v) is 13.7. The molecule has 2 fully saturated rings. The molecule has 4 aromatic heterocycles. The Morgan fingerprint density at radius 3 is 2.34 bits per heavy atom. The summed E-state index contributed by atoms with van der Waals surface area (Å²) in [5.74, 6) is 0.242. The molecule has 2 aliphatic heterocycles. The molecule has 2 unspecified atom stereocenters. The number of hydrogen-bond acceptors (Lipinski definition) is 8. The summed E-state index contributed by atoms with van der Waals surface area (Å²) in [7, 11) is 0. The molecule has 41 heavy (non-hydrogen) atoms. The second kappa shape index (κ2) is 9.54. The fourth-order valence-electron chi connectivity index (χ4n) is 6.56. The van der Waals surface area contributed by atoms with Gasteiger partial charge in [0.05, 0.1) is 29.3 Å². The van der Waals surface area contributed by atoms with E-state index in [9.17, 15) is 9.59 Å². The zero-order chi connectivity index (χ0) is 28.2. The number of ketones is 1. The zero-order valence-corrected chi connectivity index (χ0v) is 22.5. The molecule has 2 saturated heterocycles. The second-order valence-corrected chi connectivity index (χ2v) is 10.9. The molecule has 0 saturated carbocycles. The Balaban J connectivity index is 1.25. The predicted molar refractivity (Wildman–Crippen MR) is 154 cm³/mol.